The fourth-order valence-electron chi connectivity index (χ4n) is 5.34. The lowest BCUT2D eigenvalue weighted by Crippen LogP contribution is -2.58. The lowest BCUT2D eigenvalue weighted by Gasteiger charge is -2.39. The molecule has 0 aliphatic carbocycles. The van der Waals surface area contributed by atoms with E-state index in [2.05, 4.69) is 15.2 Å². The summed E-state index contributed by atoms with van der Waals surface area (Å²) in [4.78, 5) is 23.7. The van der Waals surface area contributed by atoms with E-state index in [1.54, 1.807) is 29.0 Å². The van der Waals surface area contributed by atoms with Gasteiger partial charge < -0.3 is 14.2 Å². The smallest absolute Gasteiger partial charge is 0.281 e. The summed E-state index contributed by atoms with van der Waals surface area (Å²) in [5.41, 5.74) is 3.11. The quantitative estimate of drug-likeness (QED) is 0.265. The van der Waals surface area contributed by atoms with Gasteiger partial charge in [-0.25, -0.2) is 9.97 Å². The minimum atomic E-state index is -3.41. The Morgan fingerprint density at radius 3 is 2.72 bits per heavy atom. The molecule has 1 unspecified atom stereocenters. The number of carbonyl (C=O) groups excluding carboxylic acids is 1. The molecular weight excluding hydrogens is 593 g/mol. The van der Waals surface area contributed by atoms with Crippen molar-refractivity contribution in [3.63, 3.8) is 0 Å². The van der Waals surface area contributed by atoms with Crippen LogP contribution in [0.4, 0.5) is 15.2 Å². The maximum Gasteiger partial charge on any atom is 0.281 e. The number of carbonyl (C=O) groups is 1. The monoisotopic (exact) mass is 625 g/mol. The van der Waals surface area contributed by atoms with Gasteiger partial charge in [0.15, 0.2) is 5.13 Å². The van der Waals surface area contributed by atoms with E-state index in [1.165, 1.54) is 46.3 Å². The van der Waals surface area contributed by atoms with Crippen LogP contribution in [0.15, 0.2) is 66.3 Å². The van der Waals surface area contributed by atoms with Crippen molar-refractivity contribution >= 4 is 38.3 Å². The lowest BCUT2D eigenvalue weighted by molar-refractivity contribution is 0.0727. The molecule has 2 aliphatic rings. The SMILES string of the molecule is CN(C)S(=O)(=O)N1CC(Oc2ccc(N3CCCC3c3csc(NC(=O)c4cccn4Cc4ccnc(F)c4)n3)cc2)C1. The molecule has 14 heteroatoms. The molecule has 226 valence electrons. The molecule has 3 aromatic heterocycles. The molecule has 0 saturated carbocycles. The molecule has 43 heavy (non-hydrogen) atoms. The molecule has 2 aliphatic heterocycles. The Balaban J connectivity index is 1.06. The number of rotatable bonds is 10. The second-order valence-electron chi connectivity index (χ2n) is 10.7. The van der Waals surface area contributed by atoms with Crippen LogP contribution in [-0.4, -0.2) is 77.3 Å². The summed E-state index contributed by atoms with van der Waals surface area (Å²) < 4.78 is 48.3. The Labute approximate surface area is 253 Å². The van der Waals surface area contributed by atoms with Gasteiger partial charge in [-0.2, -0.15) is 21.4 Å². The minimum Gasteiger partial charge on any atom is -0.488 e. The zero-order valence-electron chi connectivity index (χ0n) is 23.8. The Morgan fingerprint density at radius 1 is 1.19 bits per heavy atom. The largest absolute Gasteiger partial charge is 0.488 e. The van der Waals surface area contributed by atoms with E-state index in [0.29, 0.717) is 41.8 Å². The number of nitrogens with one attached hydrogen (secondary N) is 1. The van der Waals surface area contributed by atoms with E-state index in [1.807, 2.05) is 29.6 Å². The van der Waals surface area contributed by atoms with E-state index >= 15 is 0 Å². The van der Waals surface area contributed by atoms with E-state index in [4.69, 9.17) is 9.72 Å². The second kappa shape index (κ2) is 12.0. The first-order chi connectivity index (χ1) is 20.7. The molecule has 1 N–H and O–H groups in total. The van der Waals surface area contributed by atoms with Crippen molar-refractivity contribution in [2.45, 2.75) is 31.5 Å². The van der Waals surface area contributed by atoms with Crippen LogP contribution in [0.5, 0.6) is 5.75 Å². The highest BCUT2D eigenvalue weighted by atomic mass is 32.2. The average molecular weight is 626 g/mol. The number of anilines is 2. The molecule has 1 aromatic carbocycles. The van der Waals surface area contributed by atoms with Crippen molar-refractivity contribution in [3.8, 4) is 5.75 Å². The van der Waals surface area contributed by atoms with Crippen LogP contribution in [0, 0.1) is 5.95 Å². The summed E-state index contributed by atoms with van der Waals surface area (Å²) in [6.07, 6.45) is 4.97. The fourth-order valence-corrected chi connectivity index (χ4v) is 7.26. The predicted molar refractivity (Wildman–Crippen MR) is 162 cm³/mol. The van der Waals surface area contributed by atoms with E-state index in [9.17, 15) is 17.6 Å². The number of hydrogen-bond donors (Lipinski definition) is 1. The van der Waals surface area contributed by atoms with Gasteiger partial charge >= 0.3 is 0 Å². The Morgan fingerprint density at radius 2 is 1.98 bits per heavy atom. The highest BCUT2D eigenvalue weighted by Gasteiger charge is 2.38. The number of thiazole rings is 1. The van der Waals surface area contributed by atoms with Gasteiger partial charge in [-0.1, -0.05) is 0 Å². The van der Waals surface area contributed by atoms with Crippen molar-refractivity contribution in [1.29, 1.82) is 0 Å². The molecular formula is C29H32FN7O4S2. The zero-order chi connectivity index (χ0) is 30.1. The van der Waals surface area contributed by atoms with Gasteiger partial charge in [0.05, 0.1) is 24.8 Å². The number of amides is 1. The molecule has 0 bridgehead atoms. The lowest BCUT2D eigenvalue weighted by atomic mass is 10.1. The Kier molecular flexibility index (Phi) is 8.18. The van der Waals surface area contributed by atoms with Crippen LogP contribution in [0.2, 0.25) is 0 Å². The van der Waals surface area contributed by atoms with Gasteiger partial charge in [0.2, 0.25) is 5.95 Å². The van der Waals surface area contributed by atoms with Crippen LogP contribution in [-0.2, 0) is 16.8 Å². The normalized spacial score (nSPS) is 17.8. The van der Waals surface area contributed by atoms with Gasteiger partial charge in [0, 0.05) is 50.6 Å². The van der Waals surface area contributed by atoms with Crippen molar-refractivity contribution in [1.82, 2.24) is 23.1 Å². The van der Waals surface area contributed by atoms with Crippen LogP contribution < -0.4 is 15.0 Å². The van der Waals surface area contributed by atoms with Crippen LogP contribution in [0.25, 0.3) is 0 Å². The third-order valence-electron chi connectivity index (χ3n) is 7.62. The Bertz CT molecular complexity index is 1700. The third-order valence-corrected chi connectivity index (χ3v) is 10.3. The highest BCUT2D eigenvalue weighted by molar-refractivity contribution is 7.86. The van der Waals surface area contributed by atoms with Gasteiger partial charge in [-0.3, -0.25) is 10.1 Å². The van der Waals surface area contributed by atoms with E-state index in [0.717, 1.165) is 30.8 Å². The van der Waals surface area contributed by atoms with Crippen LogP contribution in [0.3, 0.4) is 0 Å². The zero-order valence-corrected chi connectivity index (χ0v) is 25.4. The molecule has 2 fully saturated rings. The number of halogens is 1. The maximum atomic E-state index is 13.5. The summed E-state index contributed by atoms with van der Waals surface area (Å²) in [5, 5.41) is 5.42. The van der Waals surface area contributed by atoms with Crippen molar-refractivity contribution in [2.24, 2.45) is 0 Å². The molecule has 0 spiro atoms. The van der Waals surface area contributed by atoms with Crippen LogP contribution in [0.1, 0.15) is 40.6 Å². The molecule has 0 radical (unpaired) electrons. The van der Waals surface area contributed by atoms with Crippen molar-refractivity contribution < 1.29 is 22.3 Å². The molecule has 1 atom stereocenters. The number of hydrogen-bond acceptors (Lipinski definition) is 8. The fraction of sp³-hybridized carbons (Fsp3) is 0.345. The second-order valence-corrected chi connectivity index (χ2v) is 13.7. The number of pyridine rings is 1. The number of benzene rings is 1. The van der Waals surface area contributed by atoms with Gasteiger partial charge in [0.25, 0.3) is 16.1 Å². The van der Waals surface area contributed by atoms with Gasteiger partial charge in [-0.15, -0.1) is 11.3 Å². The van der Waals surface area contributed by atoms with Crippen LogP contribution >= 0.6 is 11.3 Å². The Hall–Kier alpha value is -3.85. The molecule has 1 amide bonds. The average Bonchev–Trinajstić information content (AvgIpc) is 3.72. The predicted octanol–water partition coefficient (Wildman–Crippen LogP) is 3.99. The first-order valence-corrected chi connectivity index (χ1v) is 16.2. The highest BCUT2D eigenvalue weighted by Crippen LogP contribution is 2.38. The summed E-state index contributed by atoms with van der Waals surface area (Å²) in [7, 11) is -0.370. The summed E-state index contributed by atoms with van der Waals surface area (Å²) in [5.74, 6) is -0.145. The number of ether oxygens (including phenoxy) is 1. The molecule has 2 saturated heterocycles. The first kappa shape index (κ1) is 29.2. The van der Waals surface area contributed by atoms with Gasteiger partial charge in [0.1, 0.15) is 17.5 Å². The third kappa shape index (κ3) is 6.27. The maximum absolute atomic E-state index is 13.5. The van der Waals surface area contributed by atoms with Crippen molar-refractivity contribution in [3.05, 3.63) is 89.2 Å². The first-order valence-electron chi connectivity index (χ1n) is 13.9. The minimum absolute atomic E-state index is 0.0792. The number of aromatic nitrogens is 3. The van der Waals surface area contributed by atoms with E-state index in [-0.39, 0.29) is 18.1 Å². The van der Waals surface area contributed by atoms with E-state index < -0.39 is 16.2 Å². The molecule has 4 aromatic rings. The molecule has 5 heterocycles. The van der Waals surface area contributed by atoms with Crippen molar-refractivity contribution in [2.75, 3.05) is 43.9 Å². The summed E-state index contributed by atoms with van der Waals surface area (Å²) in [6.45, 7) is 1.88. The summed E-state index contributed by atoms with van der Waals surface area (Å²) in [6, 6.07) is 14.5. The molecule has 6 rings (SSSR count). The standard InChI is InChI=1S/C29H32FN7O4S2/c1-34(2)43(39,40)36-17-23(18-36)41-22-9-7-21(8-10-22)37-14-4-5-25(37)24-19-42-29(32-24)33-28(38)26-6-3-13-35(26)16-20-11-12-31-27(30)15-20/h3,6-13,15,19,23,25H,4-5,14,16-18H2,1-2H3,(H,32,33,38). The van der Waals surface area contributed by atoms with Gasteiger partial charge in [-0.05, 0) is 66.9 Å². The molecule has 11 nitrogen and oxygen atoms in total. The topological polar surface area (TPSA) is 113 Å². The summed E-state index contributed by atoms with van der Waals surface area (Å²) >= 11 is 1.39. The number of nitrogens with zero attached hydrogens (tertiary/aromatic N) is 6.